The molecule has 0 spiro atoms. The summed E-state index contributed by atoms with van der Waals surface area (Å²) in [6, 6.07) is 3.95. The van der Waals surface area contributed by atoms with Gasteiger partial charge >= 0.3 is 0 Å². The second-order valence-corrected chi connectivity index (χ2v) is 4.48. The molecule has 1 saturated carbocycles. The fourth-order valence-corrected chi connectivity index (χ4v) is 2.02. The first kappa shape index (κ1) is 9.04. The van der Waals surface area contributed by atoms with Crippen molar-refractivity contribution in [1.29, 1.82) is 0 Å². The highest BCUT2D eigenvalue weighted by Gasteiger charge is 2.40. The zero-order valence-corrected chi connectivity index (χ0v) is 8.75. The van der Waals surface area contributed by atoms with Crippen LogP contribution in [-0.2, 0) is 6.42 Å². The van der Waals surface area contributed by atoms with E-state index in [0.29, 0.717) is 6.79 Å². The zero-order valence-electron chi connectivity index (χ0n) is 8.75. The van der Waals surface area contributed by atoms with Crippen LogP contribution in [0.15, 0.2) is 12.1 Å². The first-order chi connectivity index (χ1) is 7.18. The molecule has 0 bridgehead atoms. The van der Waals surface area contributed by atoms with Gasteiger partial charge in [0.15, 0.2) is 11.5 Å². The fraction of sp³-hybridized carbons (Fsp3) is 0.500. The van der Waals surface area contributed by atoms with Gasteiger partial charge < -0.3 is 14.6 Å². The van der Waals surface area contributed by atoms with Gasteiger partial charge in [-0.3, -0.25) is 0 Å². The number of hydrogen-bond acceptors (Lipinski definition) is 3. The Morgan fingerprint density at radius 3 is 2.87 bits per heavy atom. The van der Waals surface area contributed by atoms with Gasteiger partial charge in [-0.05, 0) is 37.0 Å². The third-order valence-electron chi connectivity index (χ3n) is 3.25. The molecule has 0 aromatic heterocycles. The second kappa shape index (κ2) is 2.89. The molecule has 15 heavy (non-hydrogen) atoms. The van der Waals surface area contributed by atoms with Crippen molar-refractivity contribution in [2.45, 2.75) is 31.8 Å². The van der Waals surface area contributed by atoms with Gasteiger partial charge in [0.25, 0.3) is 0 Å². The van der Waals surface area contributed by atoms with E-state index in [4.69, 9.17) is 9.47 Å². The Bertz CT molecular complexity index is 408. The molecule has 80 valence electrons. The van der Waals surface area contributed by atoms with Gasteiger partial charge in [-0.2, -0.15) is 0 Å². The molecular weight excluding hydrogens is 192 g/mol. The van der Waals surface area contributed by atoms with E-state index < -0.39 is 5.60 Å². The van der Waals surface area contributed by atoms with Gasteiger partial charge in [0, 0.05) is 6.42 Å². The number of rotatable bonds is 2. The molecule has 1 aliphatic heterocycles. The Hall–Kier alpha value is -1.22. The average Bonchev–Trinajstić information content (AvgIpc) is 2.78. The topological polar surface area (TPSA) is 38.7 Å². The van der Waals surface area contributed by atoms with Gasteiger partial charge in [-0.1, -0.05) is 6.07 Å². The third-order valence-corrected chi connectivity index (χ3v) is 3.25. The summed E-state index contributed by atoms with van der Waals surface area (Å²) in [4.78, 5) is 0. The monoisotopic (exact) mass is 206 g/mol. The quantitative estimate of drug-likeness (QED) is 0.801. The van der Waals surface area contributed by atoms with E-state index in [1.807, 2.05) is 19.1 Å². The van der Waals surface area contributed by atoms with E-state index in [-0.39, 0.29) is 0 Å². The van der Waals surface area contributed by atoms with Crippen LogP contribution >= 0.6 is 0 Å². The Labute approximate surface area is 88.6 Å². The molecule has 3 rings (SSSR count). The minimum absolute atomic E-state index is 0.309. The van der Waals surface area contributed by atoms with Gasteiger partial charge in [0.2, 0.25) is 6.79 Å². The molecule has 2 aliphatic rings. The first-order valence-corrected chi connectivity index (χ1v) is 5.28. The summed E-state index contributed by atoms with van der Waals surface area (Å²) in [7, 11) is 0. The molecule has 1 aromatic rings. The van der Waals surface area contributed by atoms with Crippen molar-refractivity contribution < 1.29 is 14.6 Å². The lowest BCUT2D eigenvalue weighted by Crippen LogP contribution is -2.11. The van der Waals surface area contributed by atoms with Crippen LogP contribution in [0.3, 0.4) is 0 Å². The lowest BCUT2D eigenvalue weighted by atomic mass is 10.0. The summed E-state index contributed by atoms with van der Waals surface area (Å²) in [6.45, 7) is 2.33. The fourth-order valence-electron chi connectivity index (χ4n) is 2.02. The van der Waals surface area contributed by atoms with E-state index in [2.05, 4.69) is 0 Å². The minimum atomic E-state index is -0.446. The lowest BCUT2D eigenvalue weighted by Gasteiger charge is -2.11. The van der Waals surface area contributed by atoms with Crippen molar-refractivity contribution in [3.05, 3.63) is 23.3 Å². The van der Waals surface area contributed by atoms with Crippen LogP contribution in [0.2, 0.25) is 0 Å². The summed E-state index contributed by atoms with van der Waals surface area (Å²) < 4.78 is 10.7. The van der Waals surface area contributed by atoms with E-state index in [1.54, 1.807) is 0 Å². The van der Waals surface area contributed by atoms with E-state index in [9.17, 15) is 5.11 Å². The van der Waals surface area contributed by atoms with Crippen molar-refractivity contribution in [3.8, 4) is 11.5 Å². The number of benzene rings is 1. The second-order valence-electron chi connectivity index (χ2n) is 4.48. The number of hydrogen-bond donors (Lipinski definition) is 1. The number of aliphatic hydroxyl groups is 1. The van der Waals surface area contributed by atoms with Crippen LogP contribution in [0, 0.1) is 6.92 Å². The van der Waals surface area contributed by atoms with E-state index in [1.165, 1.54) is 5.56 Å². The maximum Gasteiger partial charge on any atom is 0.231 e. The SMILES string of the molecule is Cc1c(CC2(O)CC2)ccc2c1OCO2. The van der Waals surface area contributed by atoms with Crippen LogP contribution in [0.25, 0.3) is 0 Å². The Morgan fingerprint density at radius 2 is 2.13 bits per heavy atom. The lowest BCUT2D eigenvalue weighted by molar-refractivity contribution is 0.150. The molecule has 0 unspecified atom stereocenters. The molecule has 3 heteroatoms. The molecule has 1 aliphatic carbocycles. The van der Waals surface area contributed by atoms with Crippen LogP contribution in [0.4, 0.5) is 0 Å². The molecule has 1 aromatic carbocycles. The predicted molar refractivity (Wildman–Crippen MR) is 55.2 cm³/mol. The van der Waals surface area contributed by atoms with Crippen molar-refractivity contribution >= 4 is 0 Å². The normalized spacial score (nSPS) is 20.4. The summed E-state index contributed by atoms with van der Waals surface area (Å²) in [5, 5.41) is 9.88. The maximum absolute atomic E-state index is 9.88. The van der Waals surface area contributed by atoms with Crippen LogP contribution in [-0.4, -0.2) is 17.5 Å². The minimum Gasteiger partial charge on any atom is -0.454 e. The molecule has 0 saturated heterocycles. The Balaban J connectivity index is 1.95. The van der Waals surface area contributed by atoms with Crippen LogP contribution < -0.4 is 9.47 Å². The zero-order chi connectivity index (χ0) is 10.5. The molecule has 0 atom stereocenters. The molecule has 1 heterocycles. The summed E-state index contributed by atoms with van der Waals surface area (Å²) >= 11 is 0. The third kappa shape index (κ3) is 1.47. The van der Waals surface area contributed by atoms with Crippen molar-refractivity contribution in [2.75, 3.05) is 6.79 Å². The number of ether oxygens (including phenoxy) is 2. The Kier molecular flexibility index (Phi) is 1.74. The highest BCUT2D eigenvalue weighted by Crippen LogP contribution is 2.42. The molecule has 0 amide bonds. The molecule has 1 fully saturated rings. The summed E-state index contributed by atoms with van der Waals surface area (Å²) in [5.41, 5.74) is 1.82. The van der Waals surface area contributed by atoms with Crippen molar-refractivity contribution in [1.82, 2.24) is 0 Å². The largest absolute Gasteiger partial charge is 0.454 e. The van der Waals surface area contributed by atoms with Gasteiger partial charge in [-0.15, -0.1) is 0 Å². The van der Waals surface area contributed by atoms with E-state index in [0.717, 1.165) is 36.3 Å². The average molecular weight is 206 g/mol. The van der Waals surface area contributed by atoms with Crippen LogP contribution in [0.5, 0.6) is 11.5 Å². The van der Waals surface area contributed by atoms with Gasteiger partial charge in [0.05, 0.1) is 5.60 Å². The standard InChI is InChI=1S/C12H14O3/c1-8-9(6-12(13)4-5-12)2-3-10-11(8)15-7-14-10/h2-3,13H,4-7H2,1H3. The first-order valence-electron chi connectivity index (χ1n) is 5.28. The van der Waals surface area contributed by atoms with Gasteiger partial charge in [0.1, 0.15) is 0 Å². The van der Waals surface area contributed by atoms with Crippen LogP contribution in [0.1, 0.15) is 24.0 Å². The highest BCUT2D eigenvalue weighted by molar-refractivity contribution is 5.51. The Morgan fingerprint density at radius 1 is 1.33 bits per heavy atom. The van der Waals surface area contributed by atoms with Crippen molar-refractivity contribution in [3.63, 3.8) is 0 Å². The summed E-state index contributed by atoms with van der Waals surface area (Å²) in [5.74, 6) is 1.66. The molecule has 0 radical (unpaired) electrons. The number of fused-ring (bicyclic) bond motifs is 1. The van der Waals surface area contributed by atoms with Gasteiger partial charge in [-0.25, -0.2) is 0 Å². The molecule has 1 N–H and O–H groups in total. The van der Waals surface area contributed by atoms with E-state index >= 15 is 0 Å². The summed E-state index contributed by atoms with van der Waals surface area (Å²) in [6.07, 6.45) is 2.57. The maximum atomic E-state index is 9.88. The molecular formula is C12H14O3. The predicted octanol–water partition coefficient (Wildman–Crippen LogP) is 1.79. The molecule has 3 nitrogen and oxygen atoms in total. The van der Waals surface area contributed by atoms with Crippen molar-refractivity contribution in [2.24, 2.45) is 0 Å². The smallest absolute Gasteiger partial charge is 0.231 e. The highest BCUT2D eigenvalue weighted by atomic mass is 16.7.